The Morgan fingerprint density at radius 3 is 2.71 bits per heavy atom. The first kappa shape index (κ1) is 10.8. The lowest BCUT2D eigenvalue weighted by molar-refractivity contribution is 0.508. The van der Waals surface area contributed by atoms with Crippen LogP contribution < -0.4 is 11.3 Å². The summed E-state index contributed by atoms with van der Waals surface area (Å²) >= 11 is 0. The molecule has 3 nitrogen and oxygen atoms in total. The van der Waals surface area contributed by atoms with Crippen LogP contribution in [-0.4, -0.2) is 4.57 Å². The summed E-state index contributed by atoms with van der Waals surface area (Å²) in [5, 5.41) is 0. The van der Waals surface area contributed by atoms with Gasteiger partial charge in [0.05, 0.1) is 5.69 Å². The quantitative estimate of drug-likeness (QED) is 0.797. The zero-order chi connectivity index (χ0) is 10.7. The zero-order valence-electron chi connectivity index (χ0n) is 9.08. The summed E-state index contributed by atoms with van der Waals surface area (Å²) in [5.41, 5.74) is 7.32. The Hall–Kier alpha value is -1.25. The molecule has 0 aliphatic carbocycles. The Kier molecular flexibility index (Phi) is 3.33. The van der Waals surface area contributed by atoms with Gasteiger partial charge in [-0.2, -0.15) is 0 Å². The molecular formula is C11H18N2O. The van der Waals surface area contributed by atoms with E-state index in [1.54, 1.807) is 16.8 Å². The number of nitrogen functional groups attached to an aromatic ring is 1. The summed E-state index contributed by atoms with van der Waals surface area (Å²) < 4.78 is 1.68. The molecular weight excluding hydrogens is 176 g/mol. The fourth-order valence-electron chi connectivity index (χ4n) is 1.26. The van der Waals surface area contributed by atoms with Crippen LogP contribution in [0.1, 0.15) is 25.8 Å². The number of hydrogen-bond donors (Lipinski definition) is 1. The second-order valence-electron chi connectivity index (χ2n) is 4.13. The predicted molar refractivity (Wildman–Crippen MR) is 59.3 cm³/mol. The van der Waals surface area contributed by atoms with Gasteiger partial charge < -0.3 is 10.3 Å². The lowest BCUT2D eigenvalue weighted by atomic mass is 10.1. The van der Waals surface area contributed by atoms with Gasteiger partial charge in [0.25, 0.3) is 5.56 Å². The van der Waals surface area contributed by atoms with Crippen molar-refractivity contribution in [1.82, 2.24) is 4.57 Å². The molecule has 0 radical (unpaired) electrons. The molecule has 0 spiro atoms. The Bertz CT molecular complexity index is 366. The van der Waals surface area contributed by atoms with Crippen LogP contribution in [0.15, 0.2) is 17.1 Å². The zero-order valence-corrected chi connectivity index (χ0v) is 9.08. The Balaban J connectivity index is 2.88. The molecule has 2 N–H and O–H groups in total. The molecule has 14 heavy (non-hydrogen) atoms. The van der Waals surface area contributed by atoms with Crippen molar-refractivity contribution in [3.05, 3.63) is 28.2 Å². The van der Waals surface area contributed by atoms with Gasteiger partial charge in [-0.15, -0.1) is 0 Å². The number of nitrogens with zero attached hydrogens (tertiary/aromatic N) is 1. The number of rotatable bonds is 3. The third-order valence-corrected chi connectivity index (χ3v) is 2.32. The van der Waals surface area contributed by atoms with Gasteiger partial charge >= 0.3 is 0 Å². The first-order chi connectivity index (χ1) is 6.50. The van der Waals surface area contributed by atoms with E-state index in [2.05, 4.69) is 13.8 Å². The normalized spacial score (nSPS) is 10.9. The minimum Gasteiger partial charge on any atom is -0.397 e. The lowest BCUT2D eigenvalue weighted by Gasteiger charge is -2.09. The maximum Gasteiger partial charge on any atom is 0.250 e. The molecule has 1 aromatic rings. The van der Waals surface area contributed by atoms with Gasteiger partial charge in [-0.25, -0.2) is 0 Å². The molecule has 78 valence electrons. The van der Waals surface area contributed by atoms with Crippen LogP contribution in [-0.2, 0) is 6.54 Å². The minimum absolute atomic E-state index is 0.0392. The number of aryl methyl sites for hydroxylation is 2. The maximum absolute atomic E-state index is 11.5. The van der Waals surface area contributed by atoms with E-state index in [4.69, 9.17) is 5.73 Å². The second-order valence-corrected chi connectivity index (χ2v) is 4.13. The van der Waals surface area contributed by atoms with E-state index in [0.29, 0.717) is 11.6 Å². The fourth-order valence-corrected chi connectivity index (χ4v) is 1.26. The van der Waals surface area contributed by atoms with Crippen LogP contribution in [0, 0.1) is 12.8 Å². The molecule has 1 aromatic heterocycles. The Labute approximate surface area is 84.6 Å². The summed E-state index contributed by atoms with van der Waals surface area (Å²) in [5.74, 6) is 0.601. The van der Waals surface area contributed by atoms with Gasteiger partial charge in [-0.1, -0.05) is 13.8 Å². The highest BCUT2D eigenvalue weighted by molar-refractivity contribution is 5.42. The Morgan fingerprint density at radius 2 is 2.14 bits per heavy atom. The number of aromatic nitrogens is 1. The van der Waals surface area contributed by atoms with Crippen molar-refractivity contribution in [3.8, 4) is 0 Å². The molecule has 0 atom stereocenters. The third-order valence-electron chi connectivity index (χ3n) is 2.32. The van der Waals surface area contributed by atoms with Gasteiger partial charge in [-0.3, -0.25) is 4.79 Å². The maximum atomic E-state index is 11.5. The van der Waals surface area contributed by atoms with Crippen molar-refractivity contribution in [2.24, 2.45) is 5.92 Å². The lowest BCUT2D eigenvalue weighted by Crippen LogP contribution is -2.20. The smallest absolute Gasteiger partial charge is 0.250 e. The van der Waals surface area contributed by atoms with Gasteiger partial charge in [0.1, 0.15) is 0 Å². The molecule has 1 rings (SSSR count). The van der Waals surface area contributed by atoms with Crippen LogP contribution in [0.2, 0.25) is 0 Å². The van der Waals surface area contributed by atoms with Crippen LogP contribution in [0.5, 0.6) is 0 Å². The van der Waals surface area contributed by atoms with Crippen molar-refractivity contribution in [2.75, 3.05) is 5.73 Å². The van der Waals surface area contributed by atoms with Gasteiger partial charge in [0.15, 0.2) is 0 Å². The molecule has 0 amide bonds. The standard InChI is InChI=1S/C11H18N2O/c1-8(2)4-5-13-7-10(12)9(3)6-11(13)14/h6-8H,4-5,12H2,1-3H3. The summed E-state index contributed by atoms with van der Waals surface area (Å²) in [4.78, 5) is 11.5. The highest BCUT2D eigenvalue weighted by atomic mass is 16.1. The van der Waals surface area contributed by atoms with Crippen LogP contribution >= 0.6 is 0 Å². The summed E-state index contributed by atoms with van der Waals surface area (Å²) in [7, 11) is 0. The van der Waals surface area contributed by atoms with Gasteiger partial charge in [0, 0.05) is 18.8 Å². The van der Waals surface area contributed by atoms with Crippen molar-refractivity contribution < 1.29 is 0 Å². The van der Waals surface area contributed by atoms with Crippen LogP contribution in [0.3, 0.4) is 0 Å². The van der Waals surface area contributed by atoms with E-state index < -0.39 is 0 Å². The predicted octanol–water partition coefficient (Wildman–Crippen LogP) is 1.79. The van der Waals surface area contributed by atoms with Crippen molar-refractivity contribution in [1.29, 1.82) is 0 Å². The molecule has 0 bridgehead atoms. The van der Waals surface area contributed by atoms with Crippen molar-refractivity contribution >= 4 is 5.69 Å². The first-order valence-corrected chi connectivity index (χ1v) is 4.97. The minimum atomic E-state index is 0.0392. The van der Waals surface area contributed by atoms with E-state index in [1.165, 1.54) is 0 Å². The highest BCUT2D eigenvalue weighted by Gasteiger charge is 2.01. The molecule has 0 aromatic carbocycles. The highest BCUT2D eigenvalue weighted by Crippen LogP contribution is 2.07. The Morgan fingerprint density at radius 1 is 1.50 bits per heavy atom. The molecule has 0 aliphatic heterocycles. The van der Waals surface area contributed by atoms with Crippen molar-refractivity contribution in [2.45, 2.75) is 33.7 Å². The van der Waals surface area contributed by atoms with Crippen molar-refractivity contribution in [3.63, 3.8) is 0 Å². The first-order valence-electron chi connectivity index (χ1n) is 4.97. The molecule has 0 unspecified atom stereocenters. The van der Waals surface area contributed by atoms with Gasteiger partial charge in [0.2, 0.25) is 0 Å². The average molecular weight is 194 g/mol. The monoisotopic (exact) mass is 194 g/mol. The third kappa shape index (κ3) is 2.62. The number of pyridine rings is 1. The topological polar surface area (TPSA) is 48.0 Å². The molecule has 0 saturated carbocycles. The van der Waals surface area contributed by atoms with Crippen LogP contribution in [0.25, 0.3) is 0 Å². The summed E-state index contributed by atoms with van der Waals surface area (Å²) in [6.45, 7) is 6.88. The number of hydrogen-bond acceptors (Lipinski definition) is 2. The SMILES string of the molecule is Cc1cc(=O)n(CCC(C)C)cc1N. The van der Waals surface area contributed by atoms with E-state index in [-0.39, 0.29) is 5.56 Å². The summed E-state index contributed by atoms with van der Waals surface area (Å²) in [6, 6.07) is 1.59. The van der Waals surface area contributed by atoms with E-state index >= 15 is 0 Å². The second kappa shape index (κ2) is 4.31. The summed E-state index contributed by atoms with van der Waals surface area (Å²) in [6.07, 6.45) is 2.74. The largest absolute Gasteiger partial charge is 0.397 e. The van der Waals surface area contributed by atoms with E-state index in [1.807, 2.05) is 6.92 Å². The molecule has 0 aliphatic rings. The molecule has 1 heterocycles. The molecule has 3 heteroatoms. The van der Waals surface area contributed by atoms with E-state index in [9.17, 15) is 4.79 Å². The van der Waals surface area contributed by atoms with Crippen LogP contribution in [0.4, 0.5) is 5.69 Å². The number of anilines is 1. The van der Waals surface area contributed by atoms with E-state index in [0.717, 1.165) is 18.5 Å². The number of nitrogens with two attached hydrogens (primary N) is 1. The molecule has 0 saturated heterocycles. The van der Waals surface area contributed by atoms with Gasteiger partial charge in [-0.05, 0) is 24.8 Å². The average Bonchev–Trinajstić information content (AvgIpc) is 2.09. The fraction of sp³-hybridized carbons (Fsp3) is 0.545. The molecule has 0 fully saturated rings.